The van der Waals surface area contributed by atoms with E-state index in [2.05, 4.69) is 5.32 Å². The Morgan fingerprint density at radius 3 is 2.29 bits per heavy atom. The van der Waals surface area contributed by atoms with E-state index in [1.54, 1.807) is 0 Å². The number of carbonyl (C=O) groups excluding carboxylic acids is 3. The molecule has 2 heterocycles. The van der Waals surface area contributed by atoms with Gasteiger partial charge in [-0.1, -0.05) is 0 Å². The van der Waals surface area contributed by atoms with Crippen LogP contribution < -0.4 is 5.32 Å². The minimum absolute atomic E-state index is 0.0713. The van der Waals surface area contributed by atoms with Crippen LogP contribution in [0.25, 0.3) is 0 Å². The van der Waals surface area contributed by atoms with Crippen molar-refractivity contribution in [3.8, 4) is 0 Å². The van der Waals surface area contributed by atoms with E-state index in [1.807, 2.05) is 0 Å². The Labute approximate surface area is 136 Å². The van der Waals surface area contributed by atoms with Crippen LogP contribution in [0, 0.1) is 13.8 Å². The summed E-state index contributed by atoms with van der Waals surface area (Å²) in [5.41, 5.74) is -0.598. The van der Waals surface area contributed by atoms with E-state index in [0.29, 0.717) is 0 Å². The Hall–Kier alpha value is -2.32. The van der Waals surface area contributed by atoms with Gasteiger partial charge in [0.1, 0.15) is 12.1 Å². The van der Waals surface area contributed by atoms with Gasteiger partial charge >= 0.3 is 12.2 Å². The zero-order valence-electron chi connectivity index (χ0n) is 13.7. The quantitative estimate of drug-likeness (QED) is 0.672. The lowest BCUT2D eigenvalue weighted by atomic mass is 10.1. The van der Waals surface area contributed by atoms with Crippen LogP contribution in [-0.4, -0.2) is 45.4 Å². The summed E-state index contributed by atoms with van der Waals surface area (Å²) in [4.78, 5) is 37.0. The number of nitrogens with one attached hydrogen (secondary N) is 1. The topological polar surface area (TPSA) is 71.4 Å². The third-order valence-electron chi connectivity index (χ3n) is 3.96. The van der Waals surface area contributed by atoms with Gasteiger partial charge in [-0.2, -0.15) is 13.2 Å². The molecule has 0 aromatic carbocycles. The molecule has 1 N–H and O–H groups in total. The molecule has 24 heavy (non-hydrogen) atoms. The third kappa shape index (κ3) is 3.29. The minimum atomic E-state index is -4.41. The van der Waals surface area contributed by atoms with Crippen molar-refractivity contribution in [2.75, 3.05) is 6.54 Å². The first-order chi connectivity index (χ1) is 10.8. The standard InChI is InChI=1S/C15H18F3N3O3/c1-8-5-10(9(2)21(8)7-15(16,17)18)11(22)6-20-12(23)14(3,4)19-13(20)24/h5H,6-7H2,1-4H3,(H,19,24). The molecule has 0 saturated carbocycles. The highest BCUT2D eigenvalue weighted by Gasteiger charge is 2.45. The van der Waals surface area contributed by atoms with Crippen molar-refractivity contribution in [3.63, 3.8) is 0 Å². The maximum Gasteiger partial charge on any atom is 0.406 e. The number of imide groups is 1. The molecule has 9 heteroatoms. The second-order valence-electron chi connectivity index (χ2n) is 6.36. The van der Waals surface area contributed by atoms with E-state index >= 15 is 0 Å². The first-order valence-corrected chi connectivity index (χ1v) is 7.24. The Morgan fingerprint density at radius 2 is 1.83 bits per heavy atom. The van der Waals surface area contributed by atoms with E-state index in [4.69, 9.17) is 0 Å². The Morgan fingerprint density at radius 1 is 1.25 bits per heavy atom. The highest BCUT2D eigenvalue weighted by molar-refractivity contribution is 6.11. The van der Waals surface area contributed by atoms with Gasteiger partial charge in [0.2, 0.25) is 0 Å². The SMILES string of the molecule is Cc1cc(C(=O)CN2C(=O)NC(C)(C)C2=O)c(C)n1CC(F)(F)F. The number of amides is 3. The number of hydrogen-bond acceptors (Lipinski definition) is 3. The van der Waals surface area contributed by atoms with Gasteiger partial charge in [0, 0.05) is 17.0 Å². The summed E-state index contributed by atoms with van der Waals surface area (Å²) in [6.07, 6.45) is -4.41. The summed E-state index contributed by atoms with van der Waals surface area (Å²) < 4.78 is 38.8. The number of hydrogen-bond donors (Lipinski definition) is 1. The monoisotopic (exact) mass is 345 g/mol. The number of halogens is 3. The molecule has 0 radical (unpaired) electrons. The van der Waals surface area contributed by atoms with Crippen molar-refractivity contribution < 1.29 is 27.6 Å². The van der Waals surface area contributed by atoms with Gasteiger partial charge < -0.3 is 9.88 Å². The highest BCUT2D eigenvalue weighted by atomic mass is 19.4. The van der Waals surface area contributed by atoms with E-state index in [0.717, 1.165) is 9.47 Å². The van der Waals surface area contributed by atoms with Crippen molar-refractivity contribution in [2.45, 2.75) is 46.0 Å². The molecule has 0 bridgehead atoms. The molecule has 132 valence electrons. The van der Waals surface area contributed by atoms with Crippen molar-refractivity contribution in [2.24, 2.45) is 0 Å². The second-order valence-corrected chi connectivity index (χ2v) is 6.36. The molecule has 1 saturated heterocycles. The lowest BCUT2D eigenvalue weighted by Gasteiger charge is -2.15. The number of ketones is 1. The first-order valence-electron chi connectivity index (χ1n) is 7.24. The lowest BCUT2D eigenvalue weighted by Crippen LogP contribution is -2.41. The average molecular weight is 345 g/mol. The summed E-state index contributed by atoms with van der Waals surface area (Å²) in [6.45, 7) is 4.17. The van der Waals surface area contributed by atoms with Gasteiger partial charge in [0.25, 0.3) is 5.91 Å². The van der Waals surface area contributed by atoms with Crippen molar-refractivity contribution in [3.05, 3.63) is 23.0 Å². The van der Waals surface area contributed by atoms with E-state index in [9.17, 15) is 27.6 Å². The van der Waals surface area contributed by atoms with Crippen LogP contribution in [0.5, 0.6) is 0 Å². The number of rotatable bonds is 4. The van der Waals surface area contributed by atoms with Gasteiger partial charge in [-0.15, -0.1) is 0 Å². The van der Waals surface area contributed by atoms with E-state index in [-0.39, 0.29) is 17.0 Å². The number of alkyl halides is 3. The van der Waals surface area contributed by atoms with Crippen LogP contribution in [0.4, 0.5) is 18.0 Å². The van der Waals surface area contributed by atoms with E-state index < -0.39 is 42.5 Å². The fraction of sp³-hybridized carbons (Fsp3) is 0.533. The molecule has 0 atom stereocenters. The molecule has 3 amide bonds. The Bertz CT molecular complexity index is 720. The van der Waals surface area contributed by atoms with Crippen LogP contribution in [0.1, 0.15) is 35.6 Å². The van der Waals surface area contributed by atoms with Gasteiger partial charge in [-0.05, 0) is 33.8 Å². The van der Waals surface area contributed by atoms with Gasteiger partial charge in [-0.3, -0.25) is 14.5 Å². The molecular formula is C15H18F3N3O3. The molecule has 6 nitrogen and oxygen atoms in total. The number of carbonyl (C=O) groups is 3. The first kappa shape index (κ1) is 18.0. The number of nitrogens with zero attached hydrogens (tertiary/aromatic N) is 2. The van der Waals surface area contributed by atoms with Crippen LogP contribution in [0.2, 0.25) is 0 Å². The van der Waals surface area contributed by atoms with Crippen molar-refractivity contribution >= 4 is 17.7 Å². The molecule has 0 unspecified atom stereocenters. The fourth-order valence-electron chi connectivity index (χ4n) is 2.70. The molecule has 0 spiro atoms. The summed E-state index contributed by atoms with van der Waals surface area (Å²) in [6, 6.07) is 0.648. The zero-order chi connectivity index (χ0) is 18.4. The summed E-state index contributed by atoms with van der Waals surface area (Å²) in [5.74, 6) is -1.14. The lowest BCUT2D eigenvalue weighted by molar-refractivity contribution is -0.141. The largest absolute Gasteiger partial charge is 0.406 e. The van der Waals surface area contributed by atoms with Gasteiger partial charge in [0.05, 0.1) is 6.54 Å². The fourth-order valence-corrected chi connectivity index (χ4v) is 2.70. The van der Waals surface area contributed by atoms with Gasteiger partial charge in [-0.25, -0.2) is 4.79 Å². The highest BCUT2D eigenvalue weighted by Crippen LogP contribution is 2.24. The third-order valence-corrected chi connectivity index (χ3v) is 3.96. The summed E-state index contributed by atoms with van der Waals surface area (Å²) >= 11 is 0. The Balaban J connectivity index is 2.24. The average Bonchev–Trinajstić information content (AvgIpc) is 2.79. The zero-order valence-corrected chi connectivity index (χ0v) is 13.7. The molecule has 1 aromatic heterocycles. The molecule has 0 aliphatic carbocycles. The summed E-state index contributed by atoms with van der Waals surface area (Å²) in [7, 11) is 0. The minimum Gasteiger partial charge on any atom is -0.339 e. The number of aryl methyl sites for hydroxylation is 1. The number of aromatic nitrogens is 1. The van der Waals surface area contributed by atoms with Crippen molar-refractivity contribution in [1.29, 1.82) is 0 Å². The maximum absolute atomic E-state index is 12.6. The predicted octanol–water partition coefficient (Wildman–Crippen LogP) is 2.18. The molecular weight excluding hydrogens is 327 g/mol. The number of Topliss-reactive ketones (excluding diaryl/α,β-unsaturated/α-hetero) is 1. The van der Waals surface area contributed by atoms with Crippen molar-refractivity contribution in [1.82, 2.24) is 14.8 Å². The smallest absolute Gasteiger partial charge is 0.339 e. The summed E-state index contributed by atoms with van der Waals surface area (Å²) in [5, 5.41) is 2.44. The molecule has 1 aliphatic rings. The van der Waals surface area contributed by atoms with Gasteiger partial charge in [0.15, 0.2) is 5.78 Å². The normalized spacial score (nSPS) is 17.4. The van der Waals surface area contributed by atoms with E-state index in [1.165, 1.54) is 33.8 Å². The van der Waals surface area contributed by atoms with Crippen LogP contribution >= 0.6 is 0 Å². The predicted molar refractivity (Wildman–Crippen MR) is 78.6 cm³/mol. The van der Waals surface area contributed by atoms with Crippen LogP contribution in [-0.2, 0) is 11.3 Å². The number of urea groups is 1. The molecule has 1 aliphatic heterocycles. The van der Waals surface area contributed by atoms with Crippen LogP contribution in [0.15, 0.2) is 6.07 Å². The van der Waals surface area contributed by atoms with Crippen LogP contribution in [0.3, 0.4) is 0 Å². The molecule has 1 fully saturated rings. The molecule has 2 rings (SSSR count). The second kappa shape index (κ2) is 5.64. The maximum atomic E-state index is 12.6. The Kier molecular flexibility index (Phi) is 4.24. The molecule has 1 aromatic rings.